The molecule has 2 rings (SSSR count). The second kappa shape index (κ2) is 10.3. The van der Waals surface area contributed by atoms with Gasteiger partial charge in [-0.25, -0.2) is 0 Å². The number of unbranched alkanes of at least 4 members (excludes halogenated alkanes) is 1. The molecular formula is C23H37NO2. The number of rotatable bonds is 8. The second-order valence-electron chi connectivity index (χ2n) is 8.50. The van der Waals surface area contributed by atoms with E-state index in [1.807, 2.05) is 19.9 Å². The van der Waals surface area contributed by atoms with Gasteiger partial charge in [-0.3, -0.25) is 0 Å². The predicted octanol–water partition coefficient (Wildman–Crippen LogP) is 3.63. The van der Waals surface area contributed by atoms with Crippen LogP contribution in [0, 0.1) is 35.5 Å². The van der Waals surface area contributed by atoms with Crippen LogP contribution in [0.4, 0.5) is 0 Å². The summed E-state index contributed by atoms with van der Waals surface area (Å²) in [6.07, 6.45) is 11.9. The van der Waals surface area contributed by atoms with Gasteiger partial charge in [-0.05, 0) is 77.4 Å². The normalized spacial score (nSPS) is 32.0. The fourth-order valence-electron chi connectivity index (χ4n) is 4.47. The summed E-state index contributed by atoms with van der Waals surface area (Å²) in [4.78, 5) is 2.23. The molecule has 3 heteroatoms. The summed E-state index contributed by atoms with van der Waals surface area (Å²) in [6.45, 7) is 4.99. The average Bonchev–Trinajstić information content (AvgIpc) is 3.10. The van der Waals surface area contributed by atoms with Gasteiger partial charge >= 0.3 is 0 Å². The van der Waals surface area contributed by atoms with Crippen LogP contribution in [0.5, 0.6) is 0 Å². The van der Waals surface area contributed by atoms with Crippen LogP contribution in [0.1, 0.15) is 52.4 Å². The first-order chi connectivity index (χ1) is 12.4. The quantitative estimate of drug-likeness (QED) is 0.395. The highest BCUT2D eigenvalue weighted by Gasteiger charge is 2.44. The van der Waals surface area contributed by atoms with E-state index >= 15 is 0 Å². The Morgan fingerprint density at radius 2 is 2.08 bits per heavy atom. The number of aliphatic hydroxyl groups excluding tert-OH is 2. The number of fused-ring (bicyclic) bond motifs is 1. The summed E-state index contributed by atoms with van der Waals surface area (Å²) in [6, 6.07) is 0. The molecule has 0 aliphatic heterocycles. The van der Waals surface area contributed by atoms with Crippen molar-refractivity contribution in [2.24, 2.45) is 23.7 Å². The van der Waals surface area contributed by atoms with Crippen LogP contribution in [0.25, 0.3) is 0 Å². The highest BCUT2D eigenvalue weighted by molar-refractivity contribution is 5.18. The van der Waals surface area contributed by atoms with Crippen LogP contribution in [-0.4, -0.2) is 48.0 Å². The maximum atomic E-state index is 10.5. The molecule has 0 unspecified atom stereocenters. The van der Waals surface area contributed by atoms with Crippen molar-refractivity contribution in [2.75, 3.05) is 20.6 Å². The molecule has 2 aliphatic rings. The zero-order valence-corrected chi connectivity index (χ0v) is 17.0. The summed E-state index contributed by atoms with van der Waals surface area (Å²) >= 11 is 0. The monoisotopic (exact) mass is 359 g/mol. The van der Waals surface area contributed by atoms with Crippen molar-refractivity contribution in [3.05, 3.63) is 23.8 Å². The van der Waals surface area contributed by atoms with Crippen LogP contribution in [0.3, 0.4) is 0 Å². The summed E-state index contributed by atoms with van der Waals surface area (Å²) in [5, 5.41) is 20.8. The third-order valence-electron chi connectivity index (χ3n) is 6.07. The fraction of sp³-hybridized carbons (Fsp3) is 0.739. The lowest BCUT2D eigenvalue weighted by Gasteiger charge is -2.19. The predicted molar refractivity (Wildman–Crippen MR) is 109 cm³/mol. The first-order valence-corrected chi connectivity index (χ1v) is 10.2. The van der Waals surface area contributed by atoms with E-state index in [1.54, 1.807) is 5.57 Å². The summed E-state index contributed by atoms with van der Waals surface area (Å²) < 4.78 is 0. The van der Waals surface area contributed by atoms with Crippen LogP contribution in [-0.2, 0) is 0 Å². The number of hydrogen-bond donors (Lipinski definition) is 2. The molecule has 146 valence electrons. The minimum absolute atomic E-state index is 0.128. The first kappa shape index (κ1) is 21.2. The third kappa shape index (κ3) is 5.98. The lowest BCUT2D eigenvalue weighted by molar-refractivity contribution is 0.137. The number of aliphatic hydroxyl groups is 2. The van der Waals surface area contributed by atoms with Crippen molar-refractivity contribution < 1.29 is 10.2 Å². The minimum atomic E-state index is -0.482. The van der Waals surface area contributed by atoms with Crippen molar-refractivity contribution >= 4 is 0 Å². The third-order valence-corrected chi connectivity index (χ3v) is 6.07. The molecule has 0 heterocycles. The Morgan fingerprint density at radius 1 is 1.31 bits per heavy atom. The van der Waals surface area contributed by atoms with E-state index in [4.69, 9.17) is 0 Å². The van der Waals surface area contributed by atoms with Crippen molar-refractivity contribution in [3.8, 4) is 11.8 Å². The highest BCUT2D eigenvalue weighted by atomic mass is 16.3. The van der Waals surface area contributed by atoms with E-state index in [0.29, 0.717) is 18.3 Å². The Kier molecular flexibility index (Phi) is 8.41. The molecule has 0 bridgehead atoms. The molecule has 0 saturated heterocycles. The van der Waals surface area contributed by atoms with Crippen molar-refractivity contribution in [1.29, 1.82) is 0 Å². The van der Waals surface area contributed by atoms with E-state index in [1.165, 1.54) is 6.42 Å². The maximum absolute atomic E-state index is 10.5. The molecule has 2 saturated carbocycles. The Hall–Kier alpha value is -1.08. The minimum Gasteiger partial charge on any atom is -0.392 e. The van der Waals surface area contributed by atoms with E-state index in [0.717, 1.165) is 32.2 Å². The Bertz CT molecular complexity index is 554. The smallest absolute Gasteiger partial charge is 0.0755 e. The molecule has 0 radical (unpaired) electrons. The molecule has 0 aromatic heterocycles. The van der Waals surface area contributed by atoms with Gasteiger partial charge in [0.15, 0.2) is 0 Å². The first-order valence-electron chi connectivity index (χ1n) is 10.2. The largest absolute Gasteiger partial charge is 0.392 e. The lowest BCUT2D eigenvalue weighted by atomic mass is 9.89. The molecule has 0 spiro atoms. The van der Waals surface area contributed by atoms with Crippen LogP contribution in [0.15, 0.2) is 23.8 Å². The van der Waals surface area contributed by atoms with Gasteiger partial charge in [0, 0.05) is 12.3 Å². The summed E-state index contributed by atoms with van der Waals surface area (Å²) in [5.74, 6) is 7.39. The van der Waals surface area contributed by atoms with Gasteiger partial charge in [-0.1, -0.05) is 30.7 Å². The summed E-state index contributed by atoms with van der Waals surface area (Å²) in [7, 11) is 4.24. The molecule has 2 aliphatic carbocycles. The zero-order chi connectivity index (χ0) is 19.1. The molecule has 2 N–H and O–H groups in total. The van der Waals surface area contributed by atoms with Crippen molar-refractivity contribution in [2.45, 2.75) is 64.6 Å². The Morgan fingerprint density at radius 3 is 2.77 bits per heavy atom. The molecule has 3 nitrogen and oxygen atoms in total. The van der Waals surface area contributed by atoms with Crippen LogP contribution >= 0.6 is 0 Å². The van der Waals surface area contributed by atoms with Gasteiger partial charge in [0.05, 0.1) is 12.2 Å². The van der Waals surface area contributed by atoms with Crippen LogP contribution < -0.4 is 0 Å². The molecule has 0 aromatic rings. The van der Waals surface area contributed by atoms with Gasteiger partial charge < -0.3 is 15.1 Å². The number of nitrogens with zero attached hydrogens (tertiary/aromatic N) is 1. The Labute approximate surface area is 160 Å². The van der Waals surface area contributed by atoms with E-state index in [-0.39, 0.29) is 17.9 Å². The molecular weight excluding hydrogens is 322 g/mol. The molecule has 26 heavy (non-hydrogen) atoms. The standard InChI is InChI=1S/C23H37NO2/c1-5-6-9-17(2)22(25)12-11-20-21-15-18(10-7-8-13-24(3)4)14-19(21)16-23(20)26/h10-12,17,19-23,25-26H,7-9,13-16H2,1-4H3/b12-11+,18-10+/t17-,19+,20-,21+,22-,23-/m1/s1. The van der Waals surface area contributed by atoms with Gasteiger partial charge in [0.1, 0.15) is 0 Å². The molecule has 2 fully saturated rings. The van der Waals surface area contributed by atoms with Gasteiger partial charge in [0.25, 0.3) is 0 Å². The molecule has 6 atom stereocenters. The van der Waals surface area contributed by atoms with Crippen molar-refractivity contribution in [1.82, 2.24) is 4.90 Å². The number of hydrogen-bond acceptors (Lipinski definition) is 3. The maximum Gasteiger partial charge on any atom is 0.0755 e. The van der Waals surface area contributed by atoms with Gasteiger partial charge in [0.2, 0.25) is 0 Å². The van der Waals surface area contributed by atoms with Gasteiger partial charge in [-0.2, -0.15) is 0 Å². The number of allylic oxidation sites excluding steroid dienone is 2. The SMILES string of the molecule is CC#CC[C@@H](C)[C@H](O)/C=C/[C@@H]1[C@H]2C/C(=C/CCCN(C)C)C[C@H]2C[C@H]1O. The second-order valence-corrected chi connectivity index (χ2v) is 8.50. The van der Waals surface area contributed by atoms with E-state index in [2.05, 4.69) is 43.0 Å². The molecule has 0 amide bonds. The van der Waals surface area contributed by atoms with Crippen molar-refractivity contribution in [3.63, 3.8) is 0 Å². The Balaban J connectivity index is 1.89. The fourth-order valence-corrected chi connectivity index (χ4v) is 4.47. The summed E-state index contributed by atoms with van der Waals surface area (Å²) in [5.41, 5.74) is 1.58. The van der Waals surface area contributed by atoms with Crippen LogP contribution in [0.2, 0.25) is 0 Å². The van der Waals surface area contributed by atoms with Gasteiger partial charge in [-0.15, -0.1) is 11.8 Å². The topological polar surface area (TPSA) is 43.7 Å². The van der Waals surface area contributed by atoms with E-state index < -0.39 is 6.10 Å². The zero-order valence-electron chi connectivity index (χ0n) is 17.0. The van der Waals surface area contributed by atoms with E-state index in [9.17, 15) is 10.2 Å². The highest BCUT2D eigenvalue weighted by Crippen LogP contribution is 2.50. The molecule has 0 aromatic carbocycles. The average molecular weight is 360 g/mol. The lowest BCUT2D eigenvalue weighted by Crippen LogP contribution is -2.19.